The second kappa shape index (κ2) is 8.16. The summed E-state index contributed by atoms with van der Waals surface area (Å²) in [6, 6.07) is 0. The summed E-state index contributed by atoms with van der Waals surface area (Å²) in [6.07, 6.45) is 10.9. The van der Waals surface area contributed by atoms with E-state index in [1.807, 2.05) is 0 Å². The minimum absolute atomic E-state index is 0.304. The molecule has 1 rings (SSSR count). The molecule has 1 aliphatic rings. The lowest BCUT2D eigenvalue weighted by atomic mass is 9.85. The molecular formula is C16H33NO. The Balaban J connectivity index is 2.04. The fraction of sp³-hybridized carbons (Fsp3) is 1.00. The number of ether oxygens (including phenoxy) is 1. The van der Waals surface area contributed by atoms with Gasteiger partial charge in [0.15, 0.2) is 0 Å². The van der Waals surface area contributed by atoms with Crippen LogP contribution in [0.4, 0.5) is 0 Å². The van der Waals surface area contributed by atoms with Gasteiger partial charge in [0, 0.05) is 6.61 Å². The fourth-order valence-electron chi connectivity index (χ4n) is 2.82. The van der Waals surface area contributed by atoms with Crippen molar-refractivity contribution in [2.75, 3.05) is 13.2 Å². The topological polar surface area (TPSA) is 35.2 Å². The number of unbranched alkanes of at least 4 members (excludes halogenated alkanes) is 1. The van der Waals surface area contributed by atoms with E-state index in [1.54, 1.807) is 0 Å². The van der Waals surface area contributed by atoms with Crippen LogP contribution in [0.15, 0.2) is 0 Å². The molecule has 1 aliphatic carbocycles. The second-order valence-electron chi connectivity index (χ2n) is 6.76. The van der Waals surface area contributed by atoms with E-state index in [-0.39, 0.29) is 0 Å². The highest BCUT2D eigenvalue weighted by molar-refractivity contribution is 4.73. The summed E-state index contributed by atoms with van der Waals surface area (Å²) in [6.45, 7) is 8.54. The van der Waals surface area contributed by atoms with Crippen molar-refractivity contribution in [3.8, 4) is 0 Å². The van der Waals surface area contributed by atoms with Gasteiger partial charge in [-0.15, -0.1) is 0 Å². The Morgan fingerprint density at radius 1 is 1.22 bits per heavy atom. The molecule has 0 radical (unpaired) electrons. The molecule has 18 heavy (non-hydrogen) atoms. The molecule has 0 aromatic rings. The van der Waals surface area contributed by atoms with Crippen molar-refractivity contribution < 1.29 is 4.74 Å². The number of hydrogen-bond acceptors (Lipinski definition) is 2. The lowest BCUT2D eigenvalue weighted by Gasteiger charge is -2.28. The predicted octanol–water partition coefficient (Wildman–Crippen LogP) is 4.13. The van der Waals surface area contributed by atoms with Crippen LogP contribution in [0, 0.1) is 11.3 Å². The minimum Gasteiger partial charge on any atom is -0.378 e. The molecule has 0 heterocycles. The summed E-state index contributed by atoms with van der Waals surface area (Å²) in [5, 5.41) is 0. The van der Waals surface area contributed by atoms with Gasteiger partial charge in [-0.05, 0) is 43.6 Å². The molecule has 0 aromatic heterocycles. The number of hydrogen-bond donors (Lipinski definition) is 1. The van der Waals surface area contributed by atoms with Gasteiger partial charge in [0.2, 0.25) is 0 Å². The Morgan fingerprint density at radius 2 is 2.00 bits per heavy atom. The molecular weight excluding hydrogens is 222 g/mol. The van der Waals surface area contributed by atoms with E-state index in [0.717, 1.165) is 19.1 Å². The second-order valence-corrected chi connectivity index (χ2v) is 6.76. The highest BCUT2D eigenvalue weighted by Gasteiger charge is 2.21. The van der Waals surface area contributed by atoms with Crippen LogP contribution in [0.25, 0.3) is 0 Å². The molecule has 1 fully saturated rings. The van der Waals surface area contributed by atoms with Gasteiger partial charge in [-0.3, -0.25) is 0 Å². The maximum atomic E-state index is 6.03. The van der Waals surface area contributed by atoms with Gasteiger partial charge in [0.05, 0.1) is 6.10 Å². The van der Waals surface area contributed by atoms with Crippen molar-refractivity contribution in [2.24, 2.45) is 17.1 Å². The van der Waals surface area contributed by atoms with Crippen LogP contribution < -0.4 is 5.73 Å². The predicted molar refractivity (Wildman–Crippen MR) is 78.7 cm³/mol. The van der Waals surface area contributed by atoms with E-state index < -0.39 is 0 Å². The van der Waals surface area contributed by atoms with Gasteiger partial charge < -0.3 is 10.5 Å². The minimum atomic E-state index is 0.304. The third-order valence-corrected chi connectivity index (χ3v) is 4.47. The molecule has 2 N–H and O–H groups in total. The summed E-state index contributed by atoms with van der Waals surface area (Å²) in [5.41, 5.74) is 6.04. The summed E-state index contributed by atoms with van der Waals surface area (Å²) in [7, 11) is 0. The fourth-order valence-corrected chi connectivity index (χ4v) is 2.82. The molecule has 2 unspecified atom stereocenters. The summed E-state index contributed by atoms with van der Waals surface area (Å²) in [4.78, 5) is 0. The van der Waals surface area contributed by atoms with Crippen molar-refractivity contribution in [3.63, 3.8) is 0 Å². The lowest BCUT2D eigenvalue weighted by molar-refractivity contribution is 0.01000. The van der Waals surface area contributed by atoms with Crippen molar-refractivity contribution in [1.82, 2.24) is 0 Å². The Bertz CT molecular complexity index is 215. The van der Waals surface area contributed by atoms with E-state index in [1.165, 1.54) is 51.4 Å². The van der Waals surface area contributed by atoms with Gasteiger partial charge >= 0.3 is 0 Å². The van der Waals surface area contributed by atoms with Crippen LogP contribution in [0.3, 0.4) is 0 Å². The Hall–Kier alpha value is -0.0800. The van der Waals surface area contributed by atoms with Crippen LogP contribution in [0.2, 0.25) is 0 Å². The van der Waals surface area contributed by atoms with Crippen molar-refractivity contribution in [3.05, 3.63) is 0 Å². The normalized spacial score (nSPS) is 25.3. The molecule has 1 saturated carbocycles. The van der Waals surface area contributed by atoms with Crippen LogP contribution in [0.5, 0.6) is 0 Å². The van der Waals surface area contributed by atoms with Gasteiger partial charge in [0.1, 0.15) is 0 Å². The highest BCUT2D eigenvalue weighted by Crippen LogP contribution is 2.28. The average Bonchev–Trinajstić information content (AvgIpc) is 2.38. The maximum absolute atomic E-state index is 6.03. The van der Waals surface area contributed by atoms with Crippen LogP contribution in [0.1, 0.15) is 72.1 Å². The lowest BCUT2D eigenvalue weighted by Crippen LogP contribution is -2.24. The molecule has 0 saturated heterocycles. The molecule has 0 spiro atoms. The summed E-state index contributed by atoms with van der Waals surface area (Å²) >= 11 is 0. The molecule has 108 valence electrons. The number of nitrogens with two attached hydrogens (primary N) is 1. The van der Waals surface area contributed by atoms with Gasteiger partial charge in [-0.2, -0.15) is 0 Å². The first kappa shape index (κ1) is 16.0. The van der Waals surface area contributed by atoms with E-state index in [4.69, 9.17) is 10.5 Å². The largest absolute Gasteiger partial charge is 0.378 e. The van der Waals surface area contributed by atoms with E-state index in [0.29, 0.717) is 11.5 Å². The third-order valence-electron chi connectivity index (χ3n) is 4.47. The summed E-state index contributed by atoms with van der Waals surface area (Å²) in [5.74, 6) is 0.917. The van der Waals surface area contributed by atoms with Crippen molar-refractivity contribution in [1.29, 1.82) is 0 Å². The monoisotopic (exact) mass is 255 g/mol. The smallest absolute Gasteiger partial charge is 0.0577 e. The Kier molecular flexibility index (Phi) is 7.25. The average molecular weight is 255 g/mol. The Labute approximate surface area is 114 Å². The molecule has 0 aromatic carbocycles. The molecule has 0 bridgehead atoms. The van der Waals surface area contributed by atoms with E-state index in [2.05, 4.69) is 20.8 Å². The van der Waals surface area contributed by atoms with Crippen LogP contribution >= 0.6 is 0 Å². The first-order valence-corrected chi connectivity index (χ1v) is 7.89. The third kappa shape index (κ3) is 6.19. The van der Waals surface area contributed by atoms with Gasteiger partial charge in [0.25, 0.3) is 0 Å². The first-order chi connectivity index (χ1) is 8.57. The van der Waals surface area contributed by atoms with Crippen LogP contribution in [-0.4, -0.2) is 19.3 Å². The van der Waals surface area contributed by atoms with E-state index >= 15 is 0 Å². The van der Waals surface area contributed by atoms with E-state index in [9.17, 15) is 0 Å². The standard InChI is InChI=1S/C16H33NO/c1-4-14-8-7-9-15(12-14)18-11-6-5-10-16(2,3)13-17/h14-15H,4-13,17H2,1-3H3. The number of rotatable bonds is 8. The first-order valence-electron chi connectivity index (χ1n) is 7.89. The Morgan fingerprint density at radius 3 is 2.67 bits per heavy atom. The molecule has 0 aliphatic heterocycles. The van der Waals surface area contributed by atoms with Gasteiger partial charge in [-0.25, -0.2) is 0 Å². The SMILES string of the molecule is CCC1CCCC(OCCCCC(C)(C)CN)C1. The van der Waals surface area contributed by atoms with Crippen molar-refractivity contribution >= 4 is 0 Å². The zero-order chi connectivity index (χ0) is 13.4. The maximum Gasteiger partial charge on any atom is 0.0577 e. The molecule has 2 nitrogen and oxygen atoms in total. The molecule has 0 amide bonds. The molecule has 2 heteroatoms. The quantitative estimate of drug-likeness (QED) is 0.662. The zero-order valence-corrected chi connectivity index (χ0v) is 12.7. The molecule has 2 atom stereocenters. The van der Waals surface area contributed by atoms with Gasteiger partial charge in [-0.1, -0.05) is 46.5 Å². The highest BCUT2D eigenvalue weighted by atomic mass is 16.5. The van der Waals surface area contributed by atoms with Crippen molar-refractivity contribution in [2.45, 2.75) is 78.2 Å². The summed E-state index contributed by atoms with van der Waals surface area (Å²) < 4.78 is 6.03. The zero-order valence-electron chi connectivity index (χ0n) is 12.7. The van der Waals surface area contributed by atoms with Crippen LogP contribution in [-0.2, 0) is 4.74 Å².